The highest BCUT2D eigenvalue weighted by Gasteiger charge is 2.23. The fourth-order valence-electron chi connectivity index (χ4n) is 3.81. The Bertz CT molecular complexity index is 873. The molecule has 3 rings (SSSR count). The van der Waals surface area contributed by atoms with E-state index in [0.717, 1.165) is 36.3 Å². The van der Waals surface area contributed by atoms with Crippen LogP contribution in [0.25, 0.3) is 0 Å². The molecule has 0 saturated heterocycles. The van der Waals surface area contributed by atoms with Crippen LogP contribution in [0.5, 0.6) is 5.75 Å². The van der Waals surface area contributed by atoms with Gasteiger partial charge in [-0.1, -0.05) is 58.2 Å². The van der Waals surface area contributed by atoms with Crippen LogP contribution in [-0.4, -0.2) is 33.9 Å². The van der Waals surface area contributed by atoms with Gasteiger partial charge in [-0.05, 0) is 24.8 Å². The molecule has 0 aliphatic carbocycles. The fourth-order valence-corrected chi connectivity index (χ4v) is 3.81. The molecule has 1 aromatic heterocycles. The molecule has 0 radical (unpaired) electrons. The normalized spacial score (nSPS) is 16.5. The van der Waals surface area contributed by atoms with Crippen molar-refractivity contribution in [1.29, 1.82) is 0 Å². The van der Waals surface area contributed by atoms with Crippen LogP contribution in [0.15, 0.2) is 29.3 Å². The zero-order valence-electron chi connectivity index (χ0n) is 19.7. The van der Waals surface area contributed by atoms with Crippen molar-refractivity contribution in [2.24, 2.45) is 17.5 Å². The van der Waals surface area contributed by atoms with Gasteiger partial charge in [-0.3, -0.25) is 0 Å². The summed E-state index contributed by atoms with van der Waals surface area (Å²) in [6.45, 7) is 10.9. The van der Waals surface area contributed by atoms with Crippen molar-refractivity contribution < 1.29 is 4.74 Å². The Hall–Kier alpha value is -2.57. The lowest BCUT2D eigenvalue weighted by molar-refractivity contribution is 0.260. The van der Waals surface area contributed by atoms with Crippen LogP contribution < -0.4 is 15.4 Å². The summed E-state index contributed by atoms with van der Waals surface area (Å²) >= 11 is 0. The van der Waals surface area contributed by atoms with E-state index in [9.17, 15) is 0 Å². The molecule has 0 bridgehead atoms. The summed E-state index contributed by atoms with van der Waals surface area (Å²) < 4.78 is 7.82. The second-order valence-electron chi connectivity index (χ2n) is 9.23. The maximum atomic E-state index is 5.83. The molecule has 170 valence electrons. The average molecular weight is 427 g/mol. The number of unbranched alkanes of at least 4 members (excludes halogenated alkanes) is 2. The molecule has 2 aromatic rings. The SMILES string of the molecule is CCCCCC(C)(C)CNC(=NCc1nnc(C)n1C)NC1CCOc2ccccc21. The highest BCUT2D eigenvalue weighted by Crippen LogP contribution is 2.31. The Morgan fingerprint density at radius 3 is 2.81 bits per heavy atom. The fraction of sp³-hybridized carbons (Fsp3) is 0.625. The van der Waals surface area contributed by atoms with Crippen LogP contribution in [-0.2, 0) is 13.6 Å². The molecule has 2 N–H and O–H groups in total. The van der Waals surface area contributed by atoms with E-state index in [-0.39, 0.29) is 11.5 Å². The third kappa shape index (κ3) is 6.45. The Labute approximate surface area is 186 Å². The van der Waals surface area contributed by atoms with Crippen molar-refractivity contribution in [3.05, 3.63) is 41.5 Å². The van der Waals surface area contributed by atoms with E-state index < -0.39 is 0 Å². The Morgan fingerprint density at radius 1 is 1.26 bits per heavy atom. The number of hydrogen-bond acceptors (Lipinski definition) is 4. The minimum absolute atomic E-state index is 0.167. The minimum atomic E-state index is 0.167. The molecule has 7 heteroatoms. The summed E-state index contributed by atoms with van der Waals surface area (Å²) in [5.41, 5.74) is 1.38. The predicted molar refractivity (Wildman–Crippen MR) is 125 cm³/mol. The first-order valence-electron chi connectivity index (χ1n) is 11.5. The van der Waals surface area contributed by atoms with Crippen LogP contribution in [0, 0.1) is 12.3 Å². The van der Waals surface area contributed by atoms with E-state index in [2.05, 4.69) is 53.7 Å². The molecule has 1 unspecified atom stereocenters. The summed E-state index contributed by atoms with van der Waals surface area (Å²) in [6.07, 6.45) is 5.89. The topological polar surface area (TPSA) is 76.4 Å². The lowest BCUT2D eigenvalue weighted by atomic mass is 9.87. The van der Waals surface area contributed by atoms with Gasteiger partial charge in [0.1, 0.15) is 18.1 Å². The number of guanidine groups is 1. The largest absolute Gasteiger partial charge is 0.493 e. The maximum absolute atomic E-state index is 5.83. The smallest absolute Gasteiger partial charge is 0.192 e. The van der Waals surface area contributed by atoms with Crippen molar-refractivity contribution in [2.75, 3.05) is 13.2 Å². The molecule has 31 heavy (non-hydrogen) atoms. The average Bonchev–Trinajstić information content (AvgIpc) is 3.08. The summed E-state index contributed by atoms with van der Waals surface area (Å²) in [5, 5.41) is 15.7. The van der Waals surface area contributed by atoms with Crippen molar-refractivity contribution in [1.82, 2.24) is 25.4 Å². The van der Waals surface area contributed by atoms with E-state index in [1.54, 1.807) is 0 Å². The second-order valence-corrected chi connectivity index (χ2v) is 9.23. The first-order valence-corrected chi connectivity index (χ1v) is 11.5. The Kier molecular flexibility index (Phi) is 7.93. The quantitative estimate of drug-likeness (QED) is 0.355. The number of benzene rings is 1. The number of nitrogens with one attached hydrogen (secondary N) is 2. The number of fused-ring (bicyclic) bond motifs is 1. The van der Waals surface area contributed by atoms with E-state index >= 15 is 0 Å². The Balaban J connectivity index is 1.73. The lowest BCUT2D eigenvalue weighted by Crippen LogP contribution is -2.44. The van der Waals surface area contributed by atoms with Crippen molar-refractivity contribution in [2.45, 2.75) is 72.4 Å². The van der Waals surface area contributed by atoms with E-state index in [1.807, 2.05) is 30.7 Å². The number of rotatable bonds is 9. The molecular formula is C24H38N6O. The maximum Gasteiger partial charge on any atom is 0.192 e. The number of ether oxygens (including phenoxy) is 1. The van der Waals surface area contributed by atoms with Gasteiger partial charge in [-0.15, -0.1) is 10.2 Å². The monoisotopic (exact) mass is 426 g/mol. The molecule has 1 aromatic carbocycles. The summed E-state index contributed by atoms with van der Waals surface area (Å²) in [5.74, 6) is 3.51. The van der Waals surface area contributed by atoms with Gasteiger partial charge in [0.05, 0.1) is 12.6 Å². The third-order valence-corrected chi connectivity index (χ3v) is 6.02. The van der Waals surface area contributed by atoms with Gasteiger partial charge in [0, 0.05) is 25.6 Å². The van der Waals surface area contributed by atoms with Gasteiger partial charge in [-0.25, -0.2) is 4.99 Å². The predicted octanol–water partition coefficient (Wildman–Crippen LogP) is 4.29. The van der Waals surface area contributed by atoms with Gasteiger partial charge in [0.15, 0.2) is 11.8 Å². The van der Waals surface area contributed by atoms with Crippen LogP contribution in [0.1, 0.15) is 76.1 Å². The van der Waals surface area contributed by atoms with Gasteiger partial charge in [-0.2, -0.15) is 0 Å². The van der Waals surface area contributed by atoms with Crippen molar-refractivity contribution in [3.8, 4) is 5.75 Å². The summed E-state index contributed by atoms with van der Waals surface area (Å²) in [4.78, 5) is 4.86. The summed E-state index contributed by atoms with van der Waals surface area (Å²) in [7, 11) is 1.98. The molecule has 0 saturated carbocycles. The minimum Gasteiger partial charge on any atom is -0.493 e. The van der Waals surface area contributed by atoms with Crippen molar-refractivity contribution >= 4 is 5.96 Å². The molecule has 2 heterocycles. The van der Waals surface area contributed by atoms with E-state index in [1.165, 1.54) is 31.2 Å². The number of para-hydroxylation sites is 1. The molecule has 7 nitrogen and oxygen atoms in total. The standard InChI is InChI=1S/C24H38N6O/c1-6-7-10-14-24(3,4)17-26-23(25-16-22-29-28-18(2)30(22)5)27-20-13-15-31-21-12-9-8-11-19(20)21/h8-9,11-12,20H,6-7,10,13-17H2,1-5H3,(H2,25,26,27). The zero-order chi connectivity index (χ0) is 22.3. The number of nitrogens with zero attached hydrogens (tertiary/aromatic N) is 4. The highest BCUT2D eigenvalue weighted by atomic mass is 16.5. The van der Waals surface area contributed by atoms with Gasteiger partial charge in [0.25, 0.3) is 0 Å². The third-order valence-electron chi connectivity index (χ3n) is 6.02. The number of aromatic nitrogens is 3. The number of aryl methyl sites for hydroxylation is 1. The van der Waals surface area contributed by atoms with Crippen molar-refractivity contribution in [3.63, 3.8) is 0 Å². The zero-order valence-corrected chi connectivity index (χ0v) is 19.7. The molecule has 1 aliphatic rings. The first kappa shape index (κ1) is 23.1. The van der Waals surface area contributed by atoms with Gasteiger partial charge in [0.2, 0.25) is 0 Å². The lowest BCUT2D eigenvalue weighted by Gasteiger charge is -2.30. The molecule has 0 amide bonds. The molecule has 0 spiro atoms. The van der Waals surface area contributed by atoms with E-state index in [0.29, 0.717) is 13.2 Å². The molecule has 1 aliphatic heterocycles. The number of aliphatic imine (C=N–C) groups is 1. The second kappa shape index (κ2) is 10.6. The Morgan fingerprint density at radius 2 is 2.06 bits per heavy atom. The molecular weight excluding hydrogens is 388 g/mol. The number of hydrogen-bond donors (Lipinski definition) is 2. The van der Waals surface area contributed by atoms with E-state index in [4.69, 9.17) is 9.73 Å². The van der Waals surface area contributed by atoms with Crippen LogP contribution in [0.2, 0.25) is 0 Å². The molecule has 0 fully saturated rings. The molecule has 1 atom stereocenters. The van der Waals surface area contributed by atoms with Crippen LogP contribution >= 0.6 is 0 Å². The van der Waals surface area contributed by atoms with Crippen LogP contribution in [0.3, 0.4) is 0 Å². The van der Waals surface area contributed by atoms with Gasteiger partial charge < -0.3 is 19.9 Å². The summed E-state index contributed by atoms with van der Waals surface area (Å²) in [6, 6.07) is 8.41. The highest BCUT2D eigenvalue weighted by molar-refractivity contribution is 5.80. The van der Waals surface area contributed by atoms with Crippen LogP contribution in [0.4, 0.5) is 0 Å². The van der Waals surface area contributed by atoms with Gasteiger partial charge >= 0.3 is 0 Å². The first-order chi connectivity index (χ1) is 14.9.